The Labute approximate surface area is 132 Å². The smallest absolute Gasteiger partial charge is 0.305 e. The van der Waals surface area contributed by atoms with E-state index in [1.165, 1.54) is 22.5 Å². The van der Waals surface area contributed by atoms with E-state index in [1.807, 2.05) is 35.7 Å². The highest BCUT2D eigenvalue weighted by Crippen LogP contribution is 2.25. The minimum atomic E-state index is -0.923. The first-order chi connectivity index (χ1) is 10.6. The van der Waals surface area contributed by atoms with E-state index in [9.17, 15) is 9.59 Å². The first kappa shape index (κ1) is 14.8. The van der Waals surface area contributed by atoms with E-state index < -0.39 is 12.0 Å². The number of carbonyl (C=O) groups is 2. The second-order valence-electron chi connectivity index (χ2n) is 5.48. The Morgan fingerprint density at radius 3 is 2.77 bits per heavy atom. The van der Waals surface area contributed by atoms with Crippen LogP contribution in [0.25, 0.3) is 0 Å². The molecule has 0 fully saturated rings. The van der Waals surface area contributed by atoms with Crippen molar-refractivity contribution in [3.8, 4) is 0 Å². The van der Waals surface area contributed by atoms with E-state index in [0.717, 1.165) is 24.1 Å². The number of hydrogen-bond acceptors (Lipinski definition) is 3. The number of hydrogen-bond donors (Lipinski definition) is 2. The molecule has 22 heavy (non-hydrogen) atoms. The van der Waals surface area contributed by atoms with Gasteiger partial charge in [0.1, 0.15) is 0 Å². The van der Waals surface area contributed by atoms with Gasteiger partial charge in [-0.3, -0.25) is 9.59 Å². The van der Waals surface area contributed by atoms with Crippen LogP contribution in [-0.4, -0.2) is 17.0 Å². The molecule has 1 aliphatic rings. The number of benzene rings is 1. The lowest BCUT2D eigenvalue weighted by atomic mass is 10.1. The molecule has 0 saturated carbocycles. The van der Waals surface area contributed by atoms with Crippen LogP contribution in [0.15, 0.2) is 35.7 Å². The van der Waals surface area contributed by atoms with Crippen molar-refractivity contribution >= 4 is 23.2 Å². The molecule has 1 heterocycles. The van der Waals surface area contributed by atoms with Gasteiger partial charge >= 0.3 is 5.97 Å². The number of nitrogens with one attached hydrogen (secondary N) is 1. The zero-order chi connectivity index (χ0) is 15.5. The third-order valence-corrected chi connectivity index (χ3v) is 4.92. The van der Waals surface area contributed by atoms with Crippen LogP contribution in [0, 0.1) is 0 Å². The lowest BCUT2D eigenvalue weighted by Crippen LogP contribution is -2.29. The number of amides is 1. The summed E-state index contributed by atoms with van der Waals surface area (Å²) in [5.74, 6) is -1.14. The Balaban J connectivity index is 1.77. The summed E-state index contributed by atoms with van der Waals surface area (Å²) in [4.78, 5) is 24.3. The number of rotatable bonds is 5. The van der Waals surface area contributed by atoms with Crippen molar-refractivity contribution in [2.75, 3.05) is 0 Å². The van der Waals surface area contributed by atoms with E-state index in [2.05, 4.69) is 5.32 Å². The minimum absolute atomic E-state index is 0.114. The van der Waals surface area contributed by atoms with Gasteiger partial charge in [-0.25, -0.2) is 0 Å². The maximum absolute atomic E-state index is 12.4. The highest BCUT2D eigenvalue weighted by Gasteiger charge is 2.21. The molecular formula is C17H17NO3S. The van der Waals surface area contributed by atoms with E-state index in [-0.39, 0.29) is 12.3 Å². The molecule has 0 bridgehead atoms. The molecule has 1 aromatic heterocycles. The van der Waals surface area contributed by atoms with E-state index in [0.29, 0.717) is 5.56 Å². The number of fused-ring (bicyclic) bond motifs is 1. The van der Waals surface area contributed by atoms with Crippen molar-refractivity contribution in [3.63, 3.8) is 0 Å². The Morgan fingerprint density at radius 1 is 1.23 bits per heavy atom. The third kappa shape index (κ3) is 3.20. The second-order valence-corrected chi connectivity index (χ2v) is 6.46. The standard InChI is InChI=1S/C17H17NO3S/c19-16(20)10-14(15-5-2-8-22-15)18-17(21)13-7-6-11-3-1-4-12(11)9-13/h2,5-9,14H,1,3-4,10H2,(H,18,21)(H,19,20). The average Bonchev–Trinajstić information content (AvgIpc) is 3.16. The molecule has 0 radical (unpaired) electrons. The van der Waals surface area contributed by atoms with Gasteiger partial charge in [-0.2, -0.15) is 0 Å². The molecule has 2 aromatic rings. The number of aryl methyl sites for hydroxylation is 2. The molecule has 1 aliphatic carbocycles. The molecule has 114 valence electrons. The van der Waals surface area contributed by atoms with Crippen LogP contribution in [0.1, 0.15) is 45.2 Å². The quantitative estimate of drug-likeness (QED) is 0.890. The SMILES string of the molecule is O=C(O)CC(NC(=O)c1ccc2c(c1)CCC2)c1cccs1. The summed E-state index contributed by atoms with van der Waals surface area (Å²) in [6.45, 7) is 0. The van der Waals surface area contributed by atoms with Crippen LogP contribution < -0.4 is 5.32 Å². The summed E-state index contributed by atoms with van der Waals surface area (Å²) in [5.41, 5.74) is 3.16. The fourth-order valence-corrected chi connectivity index (χ4v) is 3.62. The molecule has 1 aromatic carbocycles. The number of thiophene rings is 1. The van der Waals surface area contributed by atoms with Crippen molar-refractivity contribution < 1.29 is 14.7 Å². The monoisotopic (exact) mass is 315 g/mol. The molecular weight excluding hydrogens is 298 g/mol. The molecule has 0 aliphatic heterocycles. The lowest BCUT2D eigenvalue weighted by molar-refractivity contribution is -0.137. The van der Waals surface area contributed by atoms with Gasteiger partial charge < -0.3 is 10.4 Å². The van der Waals surface area contributed by atoms with Gasteiger partial charge in [0.15, 0.2) is 0 Å². The molecule has 2 N–H and O–H groups in total. The van der Waals surface area contributed by atoms with Gasteiger partial charge in [0.25, 0.3) is 5.91 Å². The molecule has 1 amide bonds. The zero-order valence-corrected chi connectivity index (χ0v) is 12.9. The molecule has 1 atom stereocenters. The fourth-order valence-electron chi connectivity index (χ4n) is 2.84. The van der Waals surface area contributed by atoms with Crippen LogP contribution in [0.3, 0.4) is 0 Å². The van der Waals surface area contributed by atoms with Crippen molar-refractivity contribution in [1.29, 1.82) is 0 Å². The van der Waals surface area contributed by atoms with Crippen LogP contribution in [0.2, 0.25) is 0 Å². The first-order valence-corrected chi connectivity index (χ1v) is 8.19. The highest BCUT2D eigenvalue weighted by atomic mass is 32.1. The van der Waals surface area contributed by atoms with Crippen molar-refractivity contribution in [3.05, 3.63) is 57.3 Å². The summed E-state index contributed by atoms with van der Waals surface area (Å²) in [7, 11) is 0. The number of carboxylic acid groups (broad SMARTS) is 1. The predicted octanol–water partition coefficient (Wildman–Crippen LogP) is 3.18. The Bertz CT molecular complexity index is 694. The van der Waals surface area contributed by atoms with Crippen LogP contribution >= 0.6 is 11.3 Å². The van der Waals surface area contributed by atoms with Gasteiger partial charge in [0, 0.05) is 10.4 Å². The highest BCUT2D eigenvalue weighted by molar-refractivity contribution is 7.10. The summed E-state index contributed by atoms with van der Waals surface area (Å²) >= 11 is 1.45. The molecule has 1 unspecified atom stereocenters. The molecule has 0 spiro atoms. The van der Waals surface area contributed by atoms with Gasteiger partial charge in [0.2, 0.25) is 0 Å². The minimum Gasteiger partial charge on any atom is -0.481 e. The summed E-state index contributed by atoms with van der Waals surface area (Å²) in [6.07, 6.45) is 3.11. The van der Waals surface area contributed by atoms with E-state index in [4.69, 9.17) is 5.11 Å². The Morgan fingerprint density at radius 2 is 2.05 bits per heavy atom. The molecule has 5 heteroatoms. The van der Waals surface area contributed by atoms with Crippen LogP contribution in [-0.2, 0) is 17.6 Å². The zero-order valence-electron chi connectivity index (χ0n) is 12.0. The van der Waals surface area contributed by atoms with Crippen LogP contribution in [0.4, 0.5) is 0 Å². The Hall–Kier alpha value is -2.14. The maximum Gasteiger partial charge on any atom is 0.305 e. The maximum atomic E-state index is 12.4. The summed E-state index contributed by atoms with van der Waals surface area (Å²) in [6, 6.07) is 8.99. The molecule has 0 saturated heterocycles. The second kappa shape index (κ2) is 6.32. The van der Waals surface area contributed by atoms with Crippen molar-refractivity contribution in [2.24, 2.45) is 0 Å². The molecule has 3 rings (SSSR count). The third-order valence-electron chi connectivity index (χ3n) is 3.93. The predicted molar refractivity (Wildman–Crippen MR) is 85.2 cm³/mol. The van der Waals surface area contributed by atoms with Gasteiger partial charge in [0.05, 0.1) is 12.5 Å². The van der Waals surface area contributed by atoms with Crippen molar-refractivity contribution in [2.45, 2.75) is 31.7 Å². The van der Waals surface area contributed by atoms with Gasteiger partial charge in [-0.1, -0.05) is 12.1 Å². The van der Waals surface area contributed by atoms with Crippen molar-refractivity contribution in [1.82, 2.24) is 5.32 Å². The molecule has 4 nitrogen and oxygen atoms in total. The summed E-state index contributed by atoms with van der Waals surface area (Å²) < 4.78 is 0. The number of aliphatic carboxylic acids is 1. The van der Waals surface area contributed by atoms with E-state index in [1.54, 1.807) is 0 Å². The normalized spacial score (nSPS) is 14.4. The van der Waals surface area contributed by atoms with E-state index >= 15 is 0 Å². The topological polar surface area (TPSA) is 66.4 Å². The number of carbonyl (C=O) groups excluding carboxylic acids is 1. The lowest BCUT2D eigenvalue weighted by Gasteiger charge is -2.16. The van der Waals surface area contributed by atoms with Crippen LogP contribution in [0.5, 0.6) is 0 Å². The Kier molecular flexibility index (Phi) is 4.24. The largest absolute Gasteiger partial charge is 0.481 e. The summed E-state index contributed by atoms with van der Waals surface area (Å²) in [5, 5.41) is 13.8. The fraction of sp³-hybridized carbons (Fsp3) is 0.294. The van der Waals surface area contributed by atoms with Gasteiger partial charge in [-0.05, 0) is 54.0 Å². The average molecular weight is 315 g/mol. The number of carboxylic acids is 1. The first-order valence-electron chi connectivity index (χ1n) is 7.31. The van der Waals surface area contributed by atoms with Gasteiger partial charge in [-0.15, -0.1) is 11.3 Å².